The quantitative estimate of drug-likeness (QED) is 0.847. The van der Waals surface area contributed by atoms with Crippen LogP contribution in [0.4, 0.5) is 0 Å². The first-order valence-electron chi connectivity index (χ1n) is 5.79. The van der Waals surface area contributed by atoms with Crippen LogP contribution in [0.2, 0.25) is 5.02 Å². The van der Waals surface area contributed by atoms with Crippen LogP contribution in [-0.2, 0) is 0 Å². The van der Waals surface area contributed by atoms with Gasteiger partial charge in [0.2, 0.25) is 0 Å². The number of nitriles is 1. The second-order valence-electron chi connectivity index (χ2n) is 4.36. The summed E-state index contributed by atoms with van der Waals surface area (Å²) < 4.78 is 0. The molecule has 0 bridgehead atoms. The molecule has 1 N–H and O–H groups in total. The normalized spacial score (nSPS) is 16.3. The number of nitrogens with zero attached hydrogens (tertiary/aromatic N) is 2. The van der Waals surface area contributed by atoms with Crippen LogP contribution in [0.15, 0.2) is 18.2 Å². The molecule has 0 aromatic heterocycles. The molecule has 4 nitrogen and oxygen atoms in total. The molecule has 1 aliphatic rings. The van der Waals surface area contributed by atoms with Crippen LogP contribution in [0.25, 0.3) is 0 Å². The molecule has 1 heterocycles. The van der Waals surface area contributed by atoms with Crippen molar-refractivity contribution in [3.05, 3.63) is 28.8 Å². The highest BCUT2D eigenvalue weighted by molar-refractivity contribution is 6.31. The standard InChI is InChI=1S/C13H13ClN2O2/c14-10-1-2-12(17)11(7-10)13(18)16-5-3-9(8-15)4-6-16/h1-2,7,9,17H,3-6H2. The molecule has 1 fully saturated rings. The number of aromatic hydroxyl groups is 1. The number of amides is 1. The van der Waals surface area contributed by atoms with E-state index in [0.29, 0.717) is 31.0 Å². The minimum absolute atomic E-state index is 0.0296. The molecule has 1 saturated heterocycles. The second-order valence-corrected chi connectivity index (χ2v) is 4.79. The number of phenolic OH excluding ortho intramolecular Hbond substituents is 1. The Bertz CT molecular complexity index is 502. The minimum atomic E-state index is -0.230. The molecule has 1 amide bonds. The summed E-state index contributed by atoms with van der Waals surface area (Å²) in [5.41, 5.74) is 0.220. The molecule has 1 aliphatic heterocycles. The van der Waals surface area contributed by atoms with E-state index in [0.717, 1.165) is 0 Å². The Labute approximate surface area is 110 Å². The summed E-state index contributed by atoms with van der Waals surface area (Å²) in [5, 5.41) is 18.9. The number of carbonyl (C=O) groups is 1. The predicted molar refractivity (Wildman–Crippen MR) is 67.4 cm³/mol. The third-order valence-electron chi connectivity index (χ3n) is 3.15. The highest BCUT2D eigenvalue weighted by atomic mass is 35.5. The van der Waals surface area contributed by atoms with Gasteiger partial charge < -0.3 is 10.0 Å². The summed E-state index contributed by atoms with van der Waals surface area (Å²) in [5.74, 6) is -0.264. The summed E-state index contributed by atoms with van der Waals surface area (Å²) in [4.78, 5) is 13.8. The Morgan fingerprint density at radius 3 is 2.72 bits per heavy atom. The van der Waals surface area contributed by atoms with Gasteiger partial charge in [-0.1, -0.05) is 11.6 Å². The van der Waals surface area contributed by atoms with Crippen LogP contribution in [0, 0.1) is 17.2 Å². The van der Waals surface area contributed by atoms with E-state index in [1.165, 1.54) is 18.2 Å². The van der Waals surface area contributed by atoms with Gasteiger partial charge in [-0.15, -0.1) is 0 Å². The molecule has 18 heavy (non-hydrogen) atoms. The zero-order valence-corrected chi connectivity index (χ0v) is 10.5. The number of hydrogen-bond acceptors (Lipinski definition) is 3. The number of hydrogen-bond donors (Lipinski definition) is 1. The first-order chi connectivity index (χ1) is 8.61. The van der Waals surface area contributed by atoms with Crippen molar-refractivity contribution in [2.24, 2.45) is 5.92 Å². The highest BCUT2D eigenvalue weighted by Crippen LogP contribution is 2.25. The lowest BCUT2D eigenvalue weighted by atomic mass is 9.98. The van der Waals surface area contributed by atoms with Crippen LogP contribution >= 0.6 is 11.6 Å². The zero-order chi connectivity index (χ0) is 13.1. The van der Waals surface area contributed by atoms with Gasteiger partial charge in [-0.25, -0.2) is 0 Å². The fourth-order valence-corrected chi connectivity index (χ4v) is 2.23. The molecule has 0 radical (unpaired) electrons. The van der Waals surface area contributed by atoms with Crippen molar-refractivity contribution in [1.82, 2.24) is 4.90 Å². The van der Waals surface area contributed by atoms with E-state index in [1.54, 1.807) is 4.90 Å². The topological polar surface area (TPSA) is 64.3 Å². The van der Waals surface area contributed by atoms with Crippen LogP contribution in [0.1, 0.15) is 23.2 Å². The van der Waals surface area contributed by atoms with E-state index in [-0.39, 0.29) is 23.1 Å². The number of likely N-dealkylation sites (tertiary alicyclic amines) is 1. The summed E-state index contributed by atoms with van der Waals surface area (Å²) in [6.07, 6.45) is 1.37. The van der Waals surface area contributed by atoms with Gasteiger partial charge in [-0.3, -0.25) is 4.79 Å². The summed E-state index contributed by atoms with van der Waals surface area (Å²) >= 11 is 5.82. The average Bonchev–Trinajstić information content (AvgIpc) is 2.41. The first-order valence-corrected chi connectivity index (χ1v) is 6.17. The smallest absolute Gasteiger partial charge is 0.257 e. The molecule has 1 aromatic carbocycles. The number of halogens is 1. The van der Waals surface area contributed by atoms with Gasteiger partial charge in [-0.05, 0) is 31.0 Å². The van der Waals surface area contributed by atoms with Crippen LogP contribution in [-0.4, -0.2) is 29.0 Å². The van der Waals surface area contributed by atoms with Gasteiger partial charge in [0.05, 0.1) is 11.6 Å². The van der Waals surface area contributed by atoms with Crippen molar-refractivity contribution in [3.8, 4) is 11.8 Å². The second kappa shape index (κ2) is 5.28. The Morgan fingerprint density at radius 2 is 2.11 bits per heavy atom. The molecule has 94 valence electrons. The van der Waals surface area contributed by atoms with E-state index in [9.17, 15) is 9.90 Å². The molecule has 0 atom stereocenters. The maximum Gasteiger partial charge on any atom is 0.257 e. The molecular weight excluding hydrogens is 252 g/mol. The van der Waals surface area contributed by atoms with E-state index >= 15 is 0 Å². The van der Waals surface area contributed by atoms with Crippen molar-refractivity contribution in [1.29, 1.82) is 5.26 Å². The van der Waals surface area contributed by atoms with Crippen molar-refractivity contribution in [3.63, 3.8) is 0 Å². The van der Waals surface area contributed by atoms with Crippen molar-refractivity contribution in [2.75, 3.05) is 13.1 Å². The predicted octanol–water partition coefficient (Wildman–Crippen LogP) is 2.42. The number of phenols is 1. The lowest BCUT2D eigenvalue weighted by Gasteiger charge is -2.29. The Morgan fingerprint density at radius 1 is 1.44 bits per heavy atom. The lowest BCUT2D eigenvalue weighted by molar-refractivity contribution is 0.0704. The fraction of sp³-hybridized carbons (Fsp3) is 0.385. The molecule has 0 spiro atoms. The summed E-state index contributed by atoms with van der Waals surface area (Å²) in [6, 6.07) is 6.63. The Balaban J connectivity index is 2.13. The number of carbonyl (C=O) groups excluding carboxylic acids is 1. The third-order valence-corrected chi connectivity index (χ3v) is 3.39. The average molecular weight is 265 g/mol. The monoisotopic (exact) mass is 264 g/mol. The first kappa shape index (κ1) is 12.7. The molecule has 1 aromatic rings. The van der Waals surface area contributed by atoms with Gasteiger partial charge in [0.1, 0.15) is 5.75 Å². The van der Waals surface area contributed by atoms with Gasteiger partial charge >= 0.3 is 0 Å². The summed E-state index contributed by atoms with van der Waals surface area (Å²) in [6.45, 7) is 1.09. The van der Waals surface area contributed by atoms with Gasteiger partial charge in [0.15, 0.2) is 0 Å². The van der Waals surface area contributed by atoms with E-state index in [1.807, 2.05) is 0 Å². The fourth-order valence-electron chi connectivity index (χ4n) is 2.06. The van der Waals surface area contributed by atoms with Crippen molar-refractivity contribution < 1.29 is 9.90 Å². The maximum absolute atomic E-state index is 12.2. The van der Waals surface area contributed by atoms with Crippen molar-refractivity contribution >= 4 is 17.5 Å². The molecular formula is C13H13ClN2O2. The Kier molecular flexibility index (Phi) is 3.73. The largest absolute Gasteiger partial charge is 0.507 e. The number of piperidine rings is 1. The van der Waals surface area contributed by atoms with E-state index in [2.05, 4.69) is 6.07 Å². The van der Waals surface area contributed by atoms with Crippen LogP contribution < -0.4 is 0 Å². The number of benzene rings is 1. The maximum atomic E-state index is 12.2. The zero-order valence-electron chi connectivity index (χ0n) is 9.77. The van der Waals surface area contributed by atoms with Crippen LogP contribution in [0.5, 0.6) is 5.75 Å². The van der Waals surface area contributed by atoms with Crippen LogP contribution in [0.3, 0.4) is 0 Å². The third kappa shape index (κ3) is 2.57. The molecule has 0 saturated carbocycles. The highest BCUT2D eigenvalue weighted by Gasteiger charge is 2.25. The van der Waals surface area contributed by atoms with Gasteiger partial charge in [-0.2, -0.15) is 5.26 Å². The summed E-state index contributed by atoms with van der Waals surface area (Å²) in [7, 11) is 0. The van der Waals surface area contributed by atoms with E-state index < -0.39 is 0 Å². The van der Waals surface area contributed by atoms with Crippen molar-refractivity contribution in [2.45, 2.75) is 12.8 Å². The molecule has 5 heteroatoms. The van der Waals surface area contributed by atoms with Gasteiger partial charge in [0.25, 0.3) is 5.91 Å². The SMILES string of the molecule is N#CC1CCN(C(=O)c2cc(Cl)ccc2O)CC1. The van der Waals surface area contributed by atoms with E-state index in [4.69, 9.17) is 16.9 Å². The number of rotatable bonds is 1. The minimum Gasteiger partial charge on any atom is -0.507 e. The Hall–Kier alpha value is -1.73. The molecule has 0 aliphatic carbocycles. The molecule has 2 rings (SSSR count). The lowest BCUT2D eigenvalue weighted by Crippen LogP contribution is -2.38. The van der Waals surface area contributed by atoms with Gasteiger partial charge in [0, 0.05) is 24.0 Å². The molecule has 0 unspecified atom stereocenters.